The summed E-state index contributed by atoms with van der Waals surface area (Å²) < 4.78 is 5.40. The summed E-state index contributed by atoms with van der Waals surface area (Å²) in [6.45, 7) is 6.36. The Labute approximate surface area is 145 Å². The monoisotopic (exact) mass is 342 g/mol. The molecular formula is C17H22N6O2. The van der Waals surface area contributed by atoms with Gasteiger partial charge < -0.3 is 14.8 Å². The normalized spacial score (nSPS) is 18.2. The summed E-state index contributed by atoms with van der Waals surface area (Å²) in [5, 5.41) is 16.6. The minimum Gasteiger partial charge on any atom is -0.339 e. The van der Waals surface area contributed by atoms with Gasteiger partial charge in [-0.05, 0) is 38.4 Å². The Balaban J connectivity index is 1.75. The fourth-order valence-corrected chi connectivity index (χ4v) is 3.25. The Hall–Kier alpha value is -2.50. The number of nitrogens with one attached hydrogen (secondary N) is 2. The molecule has 8 nitrogen and oxygen atoms in total. The van der Waals surface area contributed by atoms with Gasteiger partial charge in [-0.1, -0.05) is 5.16 Å². The smallest absolute Gasteiger partial charge is 0.266 e. The van der Waals surface area contributed by atoms with E-state index in [1.807, 2.05) is 13.0 Å². The number of aromatic amines is 1. The van der Waals surface area contributed by atoms with E-state index in [-0.39, 0.29) is 17.2 Å². The fourth-order valence-electron chi connectivity index (χ4n) is 3.25. The molecule has 0 bridgehead atoms. The van der Waals surface area contributed by atoms with Crippen molar-refractivity contribution in [1.82, 2.24) is 25.3 Å². The Morgan fingerprint density at radius 3 is 2.92 bits per heavy atom. The van der Waals surface area contributed by atoms with Crippen LogP contribution in [0.1, 0.15) is 40.1 Å². The molecule has 1 fully saturated rings. The van der Waals surface area contributed by atoms with Crippen LogP contribution in [-0.4, -0.2) is 46.7 Å². The summed E-state index contributed by atoms with van der Waals surface area (Å²) in [4.78, 5) is 21.3. The molecule has 132 valence electrons. The number of rotatable bonds is 4. The lowest BCUT2D eigenvalue weighted by molar-refractivity contribution is 0.190. The molecule has 0 radical (unpaired) electrons. The second kappa shape index (κ2) is 7.17. The maximum absolute atomic E-state index is 11.8. The first-order valence-corrected chi connectivity index (χ1v) is 8.37. The predicted octanol–water partition coefficient (Wildman–Crippen LogP) is 0.608. The maximum Gasteiger partial charge on any atom is 0.266 e. The summed E-state index contributed by atoms with van der Waals surface area (Å²) in [6, 6.07) is 2.09. The van der Waals surface area contributed by atoms with Crippen LogP contribution in [0.3, 0.4) is 0 Å². The second-order valence-electron chi connectivity index (χ2n) is 6.42. The second-order valence-corrected chi connectivity index (χ2v) is 6.42. The standard InChI is InChI=1S/C17H22N6O2/c1-10-12(11(2)20-17(24)13(10)8-18)4-5-15-21-16(22-25-15)14-9-19-6-7-23(14)3/h14,19H,4-7,9H2,1-3H3,(H,20,24). The van der Waals surface area contributed by atoms with E-state index < -0.39 is 0 Å². The van der Waals surface area contributed by atoms with Crippen molar-refractivity contribution in [3.63, 3.8) is 0 Å². The van der Waals surface area contributed by atoms with E-state index in [0.717, 1.165) is 36.5 Å². The minimum atomic E-state index is -0.339. The zero-order valence-corrected chi connectivity index (χ0v) is 14.7. The Bertz CT molecular complexity index is 863. The number of piperazine rings is 1. The SMILES string of the molecule is Cc1[nH]c(=O)c(C#N)c(C)c1CCc1nc(C2CNCCN2C)no1. The van der Waals surface area contributed by atoms with Gasteiger partial charge in [0.25, 0.3) is 5.56 Å². The molecule has 1 aliphatic rings. The summed E-state index contributed by atoms with van der Waals surface area (Å²) in [7, 11) is 2.05. The molecule has 2 N–H and O–H groups in total. The first kappa shape index (κ1) is 17.3. The highest BCUT2D eigenvalue weighted by atomic mass is 16.5. The van der Waals surface area contributed by atoms with Crippen LogP contribution < -0.4 is 10.9 Å². The van der Waals surface area contributed by atoms with Gasteiger partial charge in [0.15, 0.2) is 5.82 Å². The number of likely N-dealkylation sites (N-methyl/N-ethyl adjacent to an activating group) is 1. The van der Waals surface area contributed by atoms with Crippen molar-refractivity contribution < 1.29 is 4.52 Å². The highest BCUT2D eigenvalue weighted by Gasteiger charge is 2.25. The van der Waals surface area contributed by atoms with Crippen molar-refractivity contribution in [3.8, 4) is 6.07 Å². The maximum atomic E-state index is 11.8. The quantitative estimate of drug-likeness (QED) is 0.837. The fraction of sp³-hybridized carbons (Fsp3) is 0.529. The third-order valence-corrected chi connectivity index (χ3v) is 4.80. The van der Waals surface area contributed by atoms with Crippen LogP contribution in [0.4, 0.5) is 0 Å². The van der Waals surface area contributed by atoms with E-state index in [2.05, 4.69) is 32.4 Å². The molecule has 2 aromatic heterocycles. The van der Waals surface area contributed by atoms with Crippen molar-refractivity contribution in [3.05, 3.63) is 44.5 Å². The first-order valence-electron chi connectivity index (χ1n) is 8.37. The third kappa shape index (κ3) is 3.48. The van der Waals surface area contributed by atoms with Crippen LogP contribution in [0.5, 0.6) is 0 Å². The topological polar surface area (TPSA) is 111 Å². The van der Waals surface area contributed by atoms with Crippen molar-refractivity contribution >= 4 is 0 Å². The van der Waals surface area contributed by atoms with Gasteiger partial charge in [0.2, 0.25) is 5.89 Å². The van der Waals surface area contributed by atoms with E-state index >= 15 is 0 Å². The predicted molar refractivity (Wildman–Crippen MR) is 91.2 cm³/mol. The molecule has 1 unspecified atom stereocenters. The van der Waals surface area contributed by atoms with Crippen LogP contribution in [0.15, 0.2) is 9.32 Å². The lowest BCUT2D eigenvalue weighted by Gasteiger charge is -2.30. The Kier molecular flexibility index (Phi) is 4.97. The number of aryl methyl sites for hydroxylation is 2. The molecule has 1 atom stereocenters. The molecule has 0 spiro atoms. The van der Waals surface area contributed by atoms with E-state index in [9.17, 15) is 4.79 Å². The molecule has 1 aliphatic heterocycles. The Morgan fingerprint density at radius 2 is 2.20 bits per heavy atom. The van der Waals surface area contributed by atoms with Gasteiger partial charge in [-0.25, -0.2) is 0 Å². The lowest BCUT2D eigenvalue weighted by atomic mass is 9.99. The molecule has 1 saturated heterocycles. The van der Waals surface area contributed by atoms with Gasteiger partial charge in [-0.3, -0.25) is 9.69 Å². The number of H-pyrrole nitrogens is 1. The summed E-state index contributed by atoms with van der Waals surface area (Å²) in [6.07, 6.45) is 1.19. The van der Waals surface area contributed by atoms with E-state index in [1.54, 1.807) is 6.92 Å². The molecule has 0 aliphatic carbocycles. The van der Waals surface area contributed by atoms with E-state index in [1.165, 1.54) is 0 Å². The van der Waals surface area contributed by atoms with Crippen molar-refractivity contribution in [2.45, 2.75) is 32.7 Å². The first-order chi connectivity index (χ1) is 12.0. The zero-order valence-electron chi connectivity index (χ0n) is 14.7. The number of hydrogen-bond acceptors (Lipinski definition) is 7. The molecule has 3 rings (SSSR count). The largest absolute Gasteiger partial charge is 0.339 e. The highest BCUT2D eigenvalue weighted by molar-refractivity contribution is 5.42. The van der Waals surface area contributed by atoms with Crippen LogP contribution in [0.25, 0.3) is 0 Å². The van der Waals surface area contributed by atoms with Crippen LogP contribution in [-0.2, 0) is 12.8 Å². The summed E-state index contributed by atoms with van der Waals surface area (Å²) in [5.74, 6) is 1.26. The Morgan fingerprint density at radius 1 is 1.40 bits per heavy atom. The summed E-state index contributed by atoms with van der Waals surface area (Å²) in [5.41, 5.74) is 2.28. The van der Waals surface area contributed by atoms with Crippen LogP contribution in [0, 0.1) is 25.2 Å². The van der Waals surface area contributed by atoms with Crippen LogP contribution >= 0.6 is 0 Å². The van der Waals surface area contributed by atoms with Gasteiger partial charge >= 0.3 is 0 Å². The molecule has 2 aromatic rings. The average Bonchev–Trinajstić information content (AvgIpc) is 3.04. The average molecular weight is 342 g/mol. The van der Waals surface area contributed by atoms with E-state index in [0.29, 0.717) is 24.6 Å². The van der Waals surface area contributed by atoms with Crippen molar-refractivity contribution in [1.29, 1.82) is 5.26 Å². The third-order valence-electron chi connectivity index (χ3n) is 4.80. The molecular weight excluding hydrogens is 320 g/mol. The number of aromatic nitrogens is 3. The molecule has 3 heterocycles. The highest BCUT2D eigenvalue weighted by Crippen LogP contribution is 2.19. The van der Waals surface area contributed by atoms with Crippen molar-refractivity contribution in [2.24, 2.45) is 0 Å². The molecule has 0 aromatic carbocycles. The zero-order chi connectivity index (χ0) is 18.0. The lowest BCUT2D eigenvalue weighted by Crippen LogP contribution is -2.44. The summed E-state index contributed by atoms with van der Waals surface area (Å²) >= 11 is 0. The van der Waals surface area contributed by atoms with Gasteiger partial charge in [0.05, 0.1) is 6.04 Å². The van der Waals surface area contributed by atoms with Gasteiger partial charge in [0, 0.05) is 31.7 Å². The molecule has 0 saturated carbocycles. The van der Waals surface area contributed by atoms with Gasteiger partial charge in [-0.15, -0.1) is 0 Å². The molecule has 8 heteroatoms. The number of nitriles is 1. The molecule has 25 heavy (non-hydrogen) atoms. The minimum absolute atomic E-state index is 0.119. The van der Waals surface area contributed by atoms with Crippen LogP contribution in [0.2, 0.25) is 0 Å². The number of pyridine rings is 1. The van der Waals surface area contributed by atoms with Gasteiger partial charge in [0.1, 0.15) is 11.6 Å². The number of nitrogens with zero attached hydrogens (tertiary/aromatic N) is 4. The van der Waals surface area contributed by atoms with Gasteiger partial charge in [-0.2, -0.15) is 10.2 Å². The molecule has 0 amide bonds. The van der Waals surface area contributed by atoms with Crippen molar-refractivity contribution in [2.75, 3.05) is 26.7 Å². The van der Waals surface area contributed by atoms with E-state index in [4.69, 9.17) is 9.78 Å². The number of hydrogen-bond donors (Lipinski definition) is 2.